The number of carbonyl (C=O) groups is 4. The number of aromatic hydroxyl groups is 2. The van der Waals surface area contributed by atoms with E-state index in [9.17, 15) is 40.2 Å². The molecule has 0 saturated heterocycles. The van der Waals surface area contributed by atoms with Gasteiger partial charge in [-0.15, -0.1) is 0 Å². The molecule has 4 fully saturated rings. The minimum atomic E-state index is -2.10. The summed E-state index contributed by atoms with van der Waals surface area (Å²) in [6.07, 6.45) is -2.55. The molecule has 8 rings (SSSR count). The summed E-state index contributed by atoms with van der Waals surface area (Å²) in [6, 6.07) is 5.58. The molecule has 0 heterocycles. The fraction of sp³-hybridized carbons (Fsp3) is 0.412. The second-order valence-electron chi connectivity index (χ2n) is 13.6. The highest BCUT2D eigenvalue weighted by Gasteiger charge is 2.90. The molecule has 6 aliphatic carbocycles. The van der Waals surface area contributed by atoms with Crippen LogP contribution in [0.25, 0.3) is 11.5 Å². The number of ketones is 4. The number of aliphatic hydroxyl groups excluding tert-OH is 4. The van der Waals surface area contributed by atoms with E-state index in [1.54, 1.807) is 13.8 Å². The van der Waals surface area contributed by atoms with Crippen molar-refractivity contribution in [1.82, 2.24) is 0 Å². The Morgan fingerprint density at radius 1 is 0.614 bits per heavy atom. The van der Waals surface area contributed by atoms with Gasteiger partial charge in [0.2, 0.25) is 0 Å². The van der Waals surface area contributed by atoms with Gasteiger partial charge in [-0.05, 0) is 74.9 Å². The van der Waals surface area contributed by atoms with E-state index in [-0.39, 0.29) is 22.3 Å². The Hall–Kier alpha value is -4.28. The van der Waals surface area contributed by atoms with Gasteiger partial charge < -0.3 is 30.6 Å². The third-order valence-corrected chi connectivity index (χ3v) is 11.7. The van der Waals surface area contributed by atoms with Crippen LogP contribution in [0.1, 0.15) is 56.8 Å². The quantitative estimate of drug-likeness (QED) is 0.300. The second-order valence-corrected chi connectivity index (χ2v) is 13.6. The topological polar surface area (TPSA) is 190 Å². The molecule has 2 aromatic carbocycles. The summed E-state index contributed by atoms with van der Waals surface area (Å²) >= 11 is 0. The van der Waals surface area contributed by atoms with E-state index >= 15 is 9.59 Å². The van der Waals surface area contributed by atoms with Crippen LogP contribution in [-0.2, 0) is 9.59 Å². The molecule has 10 atom stereocenters. The molecule has 0 amide bonds. The molecule has 0 aliphatic heterocycles. The number of rotatable bonds is 2. The highest BCUT2D eigenvalue weighted by atomic mass is 16.3. The molecule has 10 heteroatoms. The molecule has 10 nitrogen and oxygen atoms in total. The summed E-state index contributed by atoms with van der Waals surface area (Å²) in [7, 11) is 0. The van der Waals surface area contributed by atoms with Crippen molar-refractivity contribution < 1.29 is 49.8 Å². The Balaban J connectivity index is 1.59. The Kier molecular flexibility index (Phi) is 4.87. The summed E-state index contributed by atoms with van der Waals surface area (Å²) < 4.78 is 0. The van der Waals surface area contributed by atoms with Gasteiger partial charge in [0.1, 0.15) is 23.0 Å². The fourth-order valence-corrected chi connectivity index (χ4v) is 10.9. The third kappa shape index (κ3) is 2.46. The zero-order chi connectivity index (χ0) is 31.7. The lowest BCUT2D eigenvalue weighted by Crippen LogP contribution is -2.65. The van der Waals surface area contributed by atoms with Crippen molar-refractivity contribution in [2.75, 3.05) is 0 Å². The minimum absolute atomic E-state index is 0.117. The first-order chi connectivity index (χ1) is 20.7. The average Bonchev–Trinajstić information content (AvgIpc) is 3.35. The molecule has 2 spiro atoms. The number of carbonyl (C=O) groups excluding carboxylic acids is 4. The van der Waals surface area contributed by atoms with Gasteiger partial charge in [-0.2, -0.15) is 0 Å². The van der Waals surface area contributed by atoms with Crippen molar-refractivity contribution in [3.8, 4) is 11.5 Å². The Labute approximate surface area is 251 Å². The van der Waals surface area contributed by atoms with Crippen molar-refractivity contribution in [2.45, 2.75) is 39.9 Å². The number of Topliss-reactive ketones (excluding diaryl/α,β-unsaturated/α-hetero) is 4. The molecule has 2 aromatic rings. The van der Waals surface area contributed by atoms with Gasteiger partial charge in [0, 0.05) is 34.8 Å². The van der Waals surface area contributed by atoms with E-state index in [4.69, 9.17) is 0 Å². The van der Waals surface area contributed by atoms with Crippen LogP contribution < -0.4 is 0 Å². The van der Waals surface area contributed by atoms with Gasteiger partial charge in [-0.25, -0.2) is 0 Å². The fourth-order valence-electron chi connectivity index (χ4n) is 10.9. The zero-order valence-corrected chi connectivity index (χ0v) is 24.2. The lowest BCUT2D eigenvalue weighted by atomic mass is 9.43. The number of allylic oxidation sites excluding steroid dienone is 2. The van der Waals surface area contributed by atoms with Gasteiger partial charge in [-0.1, -0.05) is 0 Å². The largest absolute Gasteiger partial charge is 0.507 e. The summed E-state index contributed by atoms with van der Waals surface area (Å²) in [5.74, 6) is -12.6. The molecule has 44 heavy (non-hydrogen) atoms. The van der Waals surface area contributed by atoms with Gasteiger partial charge in [0.05, 0.1) is 45.3 Å². The van der Waals surface area contributed by atoms with Crippen LogP contribution in [0, 0.1) is 60.2 Å². The van der Waals surface area contributed by atoms with Crippen LogP contribution in [0.4, 0.5) is 0 Å². The highest BCUT2D eigenvalue weighted by Crippen LogP contribution is 2.84. The zero-order valence-electron chi connectivity index (χ0n) is 24.2. The first-order valence-corrected chi connectivity index (χ1v) is 14.8. The van der Waals surface area contributed by atoms with Crippen LogP contribution in [0.15, 0.2) is 35.4 Å². The number of fused-ring (bicyclic) bond motifs is 4. The number of phenolic OH excluding ortho intramolecular Hbond substituents is 2. The van der Waals surface area contributed by atoms with Crippen molar-refractivity contribution in [2.24, 2.45) is 46.3 Å². The summed E-state index contributed by atoms with van der Waals surface area (Å²) in [6.45, 7) is 6.14. The molecule has 0 radical (unpaired) electrons. The van der Waals surface area contributed by atoms with Gasteiger partial charge in [0.25, 0.3) is 0 Å². The van der Waals surface area contributed by atoms with Crippen LogP contribution in [0.3, 0.4) is 0 Å². The van der Waals surface area contributed by atoms with E-state index in [0.717, 1.165) is 0 Å². The van der Waals surface area contributed by atoms with Crippen LogP contribution in [0.5, 0.6) is 11.5 Å². The highest BCUT2D eigenvalue weighted by molar-refractivity contribution is 6.30. The normalized spacial score (nSPS) is 37.2. The lowest BCUT2D eigenvalue weighted by molar-refractivity contribution is -0.141. The number of phenols is 2. The lowest BCUT2D eigenvalue weighted by Gasteiger charge is -2.56. The van der Waals surface area contributed by atoms with Crippen LogP contribution >= 0.6 is 0 Å². The van der Waals surface area contributed by atoms with Crippen LogP contribution in [0.2, 0.25) is 0 Å². The molecule has 4 unspecified atom stereocenters. The molecule has 4 bridgehead atoms. The average molecular weight is 599 g/mol. The van der Waals surface area contributed by atoms with Crippen molar-refractivity contribution in [1.29, 1.82) is 0 Å². The number of aliphatic hydroxyl groups is 4. The van der Waals surface area contributed by atoms with Crippen molar-refractivity contribution in [3.63, 3.8) is 0 Å². The monoisotopic (exact) mass is 598 g/mol. The molecule has 226 valence electrons. The Morgan fingerprint density at radius 2 is 0.955 bits per heavy atom. The number of hydrogen-bond acceptors (Lipinski definition) is 10. The molecule has 6 aliphatic rings. The summed E-state index contributed by atoms with van der Waals surface area (Å²) in [5, 5.41) is 68.1. The first kappa shape index (κ1) is 27.3. The minimum Gasteiger partial charge on any atom is -0.507 e. The van der Waals surface area contributed by atoms with Crippen molar-refractivity contribution in [3.05, 3.63) is 68.8 Å². The number of benzene rings is 2. The number of aryl methyl sites for hydroxylation is 2. The maximum absolute atomic E-state index is 15.0. The van der Waals surface area contributed by atoms with E-state index in [1.807, 2.05) is 0 Å². The van der Waals surface area contributed by atoms with Crippen molar-refractivity contribution >= 4 is 34.7 Å². The van der Waals surface area contributed by atoms with Gasteiger partial charge in [0.15, 0.2) is 23.1 Å². The van der Waals surface area contributed by atoms with Gasteiger partial charge >= 0.3 is 0 Å². The molecule has 0 aromatic heterocycles. The molecule has 4 saturated carbocycles. The molecular formula is C34H30O10. The Bertz CT molecular complexity index is 1770. The molecule has 6 N–H and O–H groups in total. The van der Waals surface area contributed by atoms with E-state index in [0.29, 0.717) is 11.1 Å². The maximum atomic E-state index is 15.0. The van der Waals surface area contributed by atoms with E-state index in [1.165, 1.54) is 38.1 Å². The predicted molar refractivity (Wildman–Crippen MR) is 153 cm³/mol. The van der Waals surface area contributed by atoms with E-state index < -0.39 is 116 Å². The predicted octanol–water partition coefficient (Wildman–Crippen LogP) is 2.97. The summed E-state index contributed by atoms with van der Waals surface area (Å²) in [5.41, 5.74) is -4.78. The SMILES string of the molecule is Cc1cc(O)c2c(c1)C(=O)C13C(=C2O)C(=O)[C@H]2[C@H](C(C)O)[C@H]1[C@H]1[C@H](C(C)O)[C@H]3C(=O)C3=C(O)c4c(O)cc(C)cc4C(=O)C312. The third-order valence-electron chi connectivity index (χ3n) is 11.7. The number of hydrogen-bond donors (Lipinski definition) is 6. The van der Waals surface area contributed by atoms with Crippen LogP contribution in [-0.4, -0.2) is 66.0 Å². The second kappa shape index (κ2) is 7.86. The first-order valence-electron chi connectivity index (χ1n) is 14.8. The van der Waals surface area contributed by atoms with Gasteiger partial charge in [-0.3, -0.25) is 19.2 Å². The summed E-state index contributed by atoms with van der Waals surface area (Å²) in [4.78, 5) is 60.0. The van der Waals surface area contributed by atoms with E-state index in [2.05, 4.69) is 0 Å². The maximum Gasteiger partial charge on any atom is 0.175 e. The molecular weight excluding hydrogens is 568 g/mol. The Morgan fingerprint density at radius 3 is 1.27 bits per heavy atom. The smallest absolute Gasteiger partial charge is 0.175 e. The standard InChI is InChI=1S/C34H30O10/c1-9-5-13-19(15(37)7-9)27(39)25-30(42)24-17(11(3)35)21-22-18(12(4)36)23(33(21,25)31(13)43)29(41)26-28(40)20-14(32(44)34(22,24)26)6-10(2)8-16(20)38/h5-8,11-12,17-18,21-24,35-40H,1-4H3/t11?,12?,17-,18+,21+,22-,23+,24-,33?,34?.